The summed E-state index contributed by atoms with van der Waals surface area (Å²) in [6.07, 6.45) is 0. The molecule has 0 spiro atoms. The number of para-hydroxylation sites is 1. The first-order valence-corrected chi connectivity index (χ1v) is 8.21. The molecule has 0 aliphatic heterocycles. The summed E-state index contributed by atoms with van der Waals surface area (Å²) in [7, 11) is 0. The Bertz CT molecular complexity index is 640. The van der Waals surface area contributed by atoms with Crippen LogP contribution in [0.25, 0.3) is 0 Å². The molecule has 2 aromatic rings. The van der Waals surface area contributed by atoms with Crippen LogP contribution in [0.15, 0.2) is 46.9 Å². The summed E-state index contributed by atoms with van der Waals surface area (Å²) in [5.41, 5.74) is 2.70. The van der Waals surface area contributed by atoms with Gasteiger partial charge in [0.25, 0.3) is 5.91 Å². The van der Waals surface area contributed by atoms with E-state index in [1.165, 1.54) is 0 Å². The van der Waals surface area contributed by atoms with Gasteiger partial charge in [0, 0.05) is 13.7 Å². The van der Waals surface area contributed by atoms with Crippen molar-refractivity contribution >= 4 is 50.1 Å². The Balaban J connectivity index is 2.31. The van der Waals surface area contributed by atoms with Crippen molar-refractivity contribution in [1.82, 2.24) is 0 Å². The van der Waals surface area contributed by atoms with Gasteiger partial charge in [-0.25, -0.2) is 0 Å². The molecule has 0 heterocycles. The Morgan fingerprint density at radius 3 is 2.60 bits per heavy atom. The molecule has 0 aliphatic rings. The number of anilines is 1. The third kappa shape index (κ3) is 3.61. The van der Waals surface area contributed by atoms with Gasteiger partial charge in [0.15, 0.2) is 0 Å². The molecule has 0 radical (unpaired) electrons. The Morgan fingerprint density at radius 2 is 1.90 bits per heavy atom. The number of carbonyl (C=O) groups excluding carboxylic acids is 1. The van der Waals surface area contributed by atoms with Gasteiger partial charge in [-0.3, -0.25) is 4.79 Å². The van der Waals surface area contributed by atoms with Crippen molar-refractivity contribution in [3.63, 3.8) is 0 Å². The van der Waals surface area contributed by atoms with Gasteiger partial charge in [-0.2, -0.15) is 0 Å². The molecule has 2 nitrogen and oxygen atoms in total. The highest BCUT2D eigenvalue weighted by Crippen LogP contribution is 2.25. The van der Waals surface area contributed by atoms with Crippen LogP contribution in [0, 0.1) is 3.57 Å². The fraction of sp³-hybridized carbons (Fsp3) is 0.188. The van der Waals surface area contributed by atoms with E-state index in [2.05, 4.69) is 57.7 Å². The maximum absolute atomic E-state index is 12.4. The molecular formula is C16H15BrINO. The lowest BCUT2D eigenvalue weighted by molar-refractivity contribution is 0.102. The third-order valence-corrected chi connectivity index (χ3v) is 4.44. The number of hydrogen-bond acceptors (Lipinski definition) is 1. The predicted molar refractivity (Wildman–Crippen MR) is 95.3 cm³/mol. The number of nitrogens with one attached hydrogen (secondary N) is 1. The quantitative estimate of drug-likeness (QED) is 0.629. The monoisotopic (exact) mass is 443 g/mol. The lowest BCUT2D eigenvalue weighted by atomic mass is 10.0. The van der Waals surface area contributed by atoms with E-state index in [1.54, 1.807) is 0 Å². The number of amides is 1. The van der Waals surface area contributed by atoms with Crippen LogP contribution in [-0.2, 0) is 0 Å². The highest BCUT2D eigenvalue weighted by Gasteiger charge is 2.13. The molecular weight excluding hydrogens is 429 g/mol. The molecule has 0 fully saturated rings. The second-order valence-electron chi connectivity index (χ2n) is 4.82. The van der Waals surface area contributed by atoms with Crippen molar-refractivity contribution in [3.05, 3.63) is 61.6 Å². The maximum Gasteiger partial charge on any atom is 0.256 e. The minimum absolute atomic E-state index is 0.0798. The molecule has 0 aromatic heterocycles. The highest BCUT2D eigenvalue weighted by atomic mass is 127. The summed E-state index contributed by atoms with van der Waals surface area (Å²) < 4.78 is 1.84. The van der Waals surface area contributed by atoms with E-state index in [-0.39, 0.29) is 5.91 Å². The van der Waals surface area contributed by atoms with Crippen LogP contribution in [0.3, 0.4) is 0 Å². The maximum atomic E-state index is 12.4. The molecule has 0 saturated heterocycles. The SMILES string of the molecule is CC(C)c1ccccc1NC(=O)c1cc(Br)ccc1I. The van der Waals surface area contributed by atoms with Gasteiger partial charge >= 0.3 is 0 Å². The fourth-order valence-corrected chi connectivity index (χ4v) is 2.92. The predicted octanol–water partition coefficient (Wildman–Crippen LogP) is 5.43. The summed E-state index contributed by atoms with van der Waals surface area (Å²) in [4.78, 5) is 12.4. The summed E-state index contributed by atoms with van der Waals surface area (Å²) in [5.74, 6) is 0.289. The lowest BCUT2D eigenvalue weighted by Gasteiger charge is -2.14. The highest BCUT2D eigenvalue weighted by molar-refractivity contribution is 14.1. The van der Waals surface area contributed by atoms with Gasteiger partial charge in [-0.1, -0.05) is 48.0 Å². The second kappa shape index (κ2) is 6.72. The summed E-state index contributed by atoms with van der Waals surface area (Å²) >= 11 is 5.58. The molecule has 20 heavy (non-hydrogen) atoms. The third-order valence-electron chi connectivity index (χ3n) is 3.00. The van der Waals surface area contributed by atoms with E-state index in [0.29, 0.717) is 11.5 Å². The van der Waals surface area contributed by atoms with Crippen molar-refractivity contribution in [2.45, 2.75) is 19.8 Å². The van der Waals surface area contributed by atoms with Crippen LogP contribution < -0.4 is 5.32 Å². The zero-order valence-electron chi connectivity index (χ0n) is 11.3. The molecule has 0 atom stereocenters. The lowest BCUT2D eigenvalue weighted by Crippen LogP contribution is -2.15. The zero-order chi connectivity index (χ0) is 14.7. The zero-order valence-corrected chi connectivity index (χ0v) is 15.0. The van der Waals surface area contributed by atoms with Crippen molar-refractivity contribution < 1.29 is 4.79 Å². The summed E-state index contributed by atoms with van der Waals surface area (Å²) in [5, 5.41) is 3.01. The topological polar surface area (TPSA) is 29.1 Å². The average Bonchev–Trinajstić information content (AvgIpc) is 2.41. The molecule has 0 unspecified atom stereocenters. The minimum atomic E-state index is -0.0798. The van der Waals surface area contributed by atoms with E-state index in [9.17, 15) is 4.79 Å². The van der Waals surface area contributed by atoms with Crippen LogP contribution >= 0.6 is 38.5 Å². The number of carbonyl (C=O) groups is 1. The molecule has 4 heteroatoms. The van der Waals surface area contributed by atoms with E-state index in [0.717, 1.165) is 19.3 Å². The van der Waals surface area contributed by atoms with E-state index in [1.807, 2.05) is 42.5 Å². The smallest absolute Gasteiger partial charge is 0.256 e. The molecule has 0 saturated carbocycles. The Hall–Kier alpha value is -0.880. The Kier molecular flexibility index (Phi) is 5.21. The summed E-state index contributed by atoms with van der Waals surface area (Å²) in [6, 6.07) is 13.6. The molecule has 2 rings (SSSR count). The van der Waals surface area contributed by atoms with Gasteiger partial charge in [0.05, 0.1) is 5.56 Å². The van der Waals surface area contributed by atoms with Crippen LogP contribution in [0.5, 0.6) is 0 Å². The number of hydrogen-bond donors (Lipinski definition) is 1. The first-order chi connectivity index (χ1) is 9.49. The van der Waals surface area contributed by atoms with Crippen LogP contribution in [0.2, 0.25) is 0 Å². The van der Waals surface area contributed by atoms with Gasteiger partial charge < -0.3 is 5.32 Å². The van der Waals surface area contributed by atoms with Crippen molar-refractivity contribution in [1.29, 1.82) is 0 Å². The molecule has 0 bridgehead atoms. The fourth-order valence-electron chi connectivity index (χ4n) is 1.98. The van der Waals surface area contributed by atoms with Gasteiger partial charge in [0.1, 0.15) is 0 Å². The van der Waals surface area contributed by atoms with Crippen molar-refractivity contribution in [2.75, 3.05) is 5.32 Å². The van der Waals surface area contributed by atoms with Crippen molar-refractivity contribution in [2.24, 2.45) is 0 Å². The van der Waals surface area contributed by atoms with Gasteiger partial charge in [-0.05, 0) is 58.3 Å². The molecule has 0 aliphatic carbocycles. The first kappa shape index (κ1) is 15.5. The average molecular weight is 444 g/mol. The Labute approximate surface area is 141 Å². The van der Waals surface area contributed by atoms with Crippen LogP contribution in [-0.4, -0.2) is 5.91 Å². The molecule has 1 amide bonds. The van der Waals surface area contributed by atoms with Crippen LogP contribution in [0.1, 0.15) is 35.7 Å². The van der Waals surface area contributed by atoms with Gasteiger partial charge in [-0.15, -0.1) is 0 Å². The number of halogens is 2. The second-order valence-corrected chi connectivity index (χ2v) is 6.90. The van der Waals surface area contributed by atoms with E-state index < -0.39 is 0 Å². The molecule has 2 aromatic carbocycles. The molecule has 1 N–H and O–H groups in total. The van der Waals surface area contributed by atoms with E-state index in [4.69, 9.17) is 0 Å². The normalized spacial score (nSPS) is 10.7. The first-order valence-electron chi connectivity index (χ1n) is 6.34. The Morgan fingerprint density at radius 1 is 1.20 bits per heavy atom. The number of benzene rings is 2. The van der Waals surface area contributed by atoms with Gasteiger partial charge in [0.2, 0.25) is 0 Å². The molecule has 104 valence electrons. The minimum Gasteiger partial charge on any atom is -0.322 e. The standard InChI is InChI=1S/C16H15BrINO/c1-10(2)12-5-3-4-6-15(12)19-16(20)13-9-11(17)7-8-14(13)18/h3-10H,1-2H3,(H,19,20). The summed E-state index contributed by atoms with van der Waals surface area (Å²) in [6.45, 7) is 4.24. The largest absolute Gasteiger partial charge is 0.322 e. The van der Waals surface area contributed by atoms with E-state index >= 15 is 0 Å². The van der Waals surface area contributed by atoms with Crippen LogP contribution in [0.4, 0.5) is 5.69 Å². The van der Waals surface area contributed by atoms with Crippen molar-refractivity contribution in [3.8, 4) is 0 Å². The number of rotatable bonds is 3.